The summed E-state index contributed by atoms with van der Waals surface area (Å²) in [5.41, 5.74) is 4.33. The number of aromatic nitrogens is 3. The molecule has 7 heteroatoms. The van der Waals surface area contributed by atoms with E-state index in [1.54, 1.807) is 23.6 Å². The summed E-state index contributed by atoms with van der Waals surface area (Å²) in [6, 6.07) is 11.6. The molecule has 5 nitrogen and oxygen atoms in total. The quantitative estimate of drug-likeness (QED) is 0.569. The molecule has 0 saturated carbocycles. The minimum atomic E-state index is -0.377. The first-order valence-corrected chi connectivity index (χ1v) is 8.62. The lowest BCUT2D eigenvalue weighted by Gasteiger charge is -2.09. The molecule has 0 aliphatic carbocycles. The van der Waals surface area contributed by atoms with E-state index in [1.807, 2.05) is 6.92 Å². The first-order chi connectivity index (χ1) is 13.4. The molecule has 4 aromatic rings. The molecule has 0 bridgehead atoms. The smallest absolute Gasteiger partial charge is 0.259 e. The number of nitrogens with zero attached hydrogens (tertiary/aromatic N) is 3. The van der Waals surface area contributed by atoms with E-state index in [2.05, 4.69) is 15.4 Å². The van der Waals surface area contributed by atoms with Crippen molar-refractivity contribution in [3.63, 3.8) is 0 Å². The van der Waals surface area contributed by atoms with Crippen molar-refractivity contribution in [2.45, 2.75) is 13.8 Å². The summed E-state index contributed by atoms with van der Waals surface area (Å²) >= 11 is 0. The predicted molar refractivity (Wildman–Crippen MR) is 102 cm³/mol. The number of aryl methyl sites for hydroxylation is 2. The summed E-state index contributed by atoms with van der Waals surface area (Å²) in [4.78, 5) is 17.1. The van der Waals surface area contributed by atoms with E-state index in [1.165, 1.54) is 42.6 Å². The van der Waals surface area contributed by atoms with Crippen LogP contribution >= 0.6 is 0 Å². The van der Waals surface area contributed by atoms with Crippen LogP contribution in [0.5, 0.6) is 0 Å². The van der Waals surface area contributed by atoms with Gasteiger partial charge in [-0.05, 0) is 55.8 Å². The highest BCUT2D eigenvalue weighted by Crippen LogP contribution is 2.28. The van der Waals surface area contributed by atoms with Crippen molar-refractivity contribution in [3.05, 3.63) is 83.3 Å². The zero-order valence-corrected chi connectivity index (χ0v) is 15.2. The van der Waals surface area contributed by atoms with Crippen molar-refractivity contribution in [1.29, 1.82) is 0 Å². The zero-order chi connectivity index (χ0) is 19.8. The molecular formula is C21H16F2N4O. The summed E-state index contributed by atoms with van der Waals surface area (Å²) in [6.07, 6.45) is 1.48. The van der Waals surface area contributed by atoms with Crippen LogP contribution in [0.4, 0.5) is 14.5 Å². The summed E-state index contributed by atoms with van der Waals surface area (Å²) in [6.45, 7) is 3.61. The van der Waals surface area contributed by atoms with Gasteiger partial charge in [0.15, 0.2) is 5.65 Å². The first kappa shape index (κ1) is 17.8. The number of fused-ring (bicyclic) bond motifs is 1. The first-order valence-electron chi connectivity index (χ1n) is 8.62. The van der Waals surface area contributed by atoms with Crippen LogP contribution in [0.25, 0.3) is 16.8 Å². The van der Waals surface area contributed by atoms with Crippen LogP contribution in [0, 0.1) is 25.5 Å². The third-order valence-electron chi connectivity index (χ3n) is 4.54. The topological polar surface area (TPSA) is 59.3 Å². The molecule has 0 atom stereocenters. The van der Waals surface area contributed by atoms with E-state index in [0.29, 0.717) is 22.6 Å². The van der Waals surface area contributed by atoms with Gasteiger partial charge in [-0.15, -0.1) is 0 Å². The second kappa shape index (κ2) is 6.84. The normalized spacial score (nSPS) is 11.0. The maximum Gasteiger partial charge on any atom is 0.259 e. The van der Waals surface area contributed by atoms with Crippen molar-refractivity contribution >= 4 is 17.2 Å². The van der Waals surface area contributed by atoms with Gasteiger partial charge in [-0.3, -0.25) is 4.79 Å². The molecule has 0 fully saturated rings. The van der Waals surface area contributed by atoms with Gasteiger partial charge in [-0.2, -0.15) is 5.10 Å². The molecule has 140 valence electrons. The van der Waals surface area contributed by atoms with Crippen molar-refractivity contribution in [3.8, 4) is 11.1 Å². The average Bonchev–Trinajstić information content (AvgIpc) is 3.01. The fourth-order valence-corrected chi connectivity index (χ4v) is 3.11. The number of nitrogens with one attached hydrogen (secondary N) is 1. The molecule has 0 saturated heterocycles. The molecule has 28 heavy (non-hydrogen) atoms. The van der Waals surface area contributed by atoms with E-state index in [4.69, 9.17) is 0 Å². The third-order valence-corrected chi connectivity index (χ3v) is 4.54. The minimum Gasteiger partial charge on any atom is -0.322 e. The van der Waals surface area contributed by atoms with E-state index < -0.39 is 0 Å². The Morgan fingerprint density at radius 3 is 2.21 bits per heavy atom. The Morgan fingerprint density at radius 2 is 1.57 bits per heavy atom. The largest absolute Gasteiger partial charge is 0.322 e. The van der Waals surface area contributed by atoms with E-state index in [0.717, 1.165) is 16.8 Å². The van der Waals surface area contributed by atoms with Gasteiger partial charge in [0.05, 0.1) is 17.0 Å². The summed E-state index contributed by atoms with van der Waals surface area (Å²) < 4.78 is 27.9. The second-order valence-corrected chi connectivity index (χ2v) is 6.42. The standard InChI is InChI=1S/C21H16F2N4O/c1-12-19(14-3-5-15(22)6-4-14)20-24-11-18(13(2)27(20)26-12)21(28)25-17-9-7-16(23)8-10-17/h3-11H,1-2H3,(H,25,28). The third kappa shape index (κ3) is 3.11. The van der Waals surface area contributed by atoms with Crippen molar-refractivity contribution in [2.75, 3.05) is 5.32 Å². The molecular weight excluding hydrogens is 362 g/mol. The number of hydrogen-bond donors (Lipinski definition) is 1. The Balaban J connectivity index is 1.74. The lowest BCUT2D eigenvalue weighted by Crippen LogP contribution is -2.16. The van der Waals surface area contributed by atoms with Crippen LogP contribution in [0.3, 0.4) is 0 Å². The van der Waals surface area contributed by atoms with Crippen LogP contribution in [-0.4, -0.2) is 20.5 Å². The van der Waals surface area contributed by atoms with Gasteiger partial charge in [0.1, 0.15) is 11.6 Å². The van der Waals surface area contributed by atoms with Gasteiger partial charge >= 0.3 is 0 Å². The average molecular weight is 378 g/mol. The number of hydrogen-bond acceptors (Lipinski definition) is 3. The Bertz CT molecular complexity index is 1180. The molecule has 1 amide bonds. The molecule has 0 aliphatic heterocycles. The highest BCUT2D eigenvalue weighted by molar-refractivity contribution is 6.05. The number of carbonyl (C=O) groups excluding carboxylic acids is 1. The number of rotatable bonds is 3. The highest BCUT2D eigenvalue weighted by Gasteiger charge is 2.19. The predicted octanol–water partition coefficient (Wildman–Crippen LogP) is 4.54. The monoisotopic (exact) mass is 378 g/mol. The molecule has 2 heterocycles. The Morgan fingerprint density at radius 1 is 0.964 bits per heavy atom. The molecule has 0 aliphatic rings. The molecule has 1 N–H and O–H groups in total. The van der Waals surface area contributed by atoms with E-state index in [-0.39, 0.29) is 17.5 Å². The van der Waals surface area contributed by atoms with Gasteiger partial charge in [-0.25, -0.2) is 18.3 Å². The minimum absolute atomic E-state index is 0.318. The van der Waals surface area contributed by atoms with Crippen molar-refractivity contribution < 1.29 is 13.6 Å². The number of halogens is 2. The van der Waals surface area contributed by atoms with Gasteiger partial charge in [0.25, 0.3) is 5.91 Å². The Kier molecular flexibility index (Phi) is 4.35. The van der Waals surface area contributed by atoms with Crippen molar-refractivity contribution in [1.82, 2.24) is 14.6 Å². The van der Waals surface area contributed by atoms with Crippen molar-refractivity contribution in [2.24, 2.45) is 0 Å². The molecule has 4 rings (SSSR count). The van der Waals surface area contributed by atoms with E-state index >= 15 is 0 Å². The van der Waals surface area contributed by atoms with Gasteiger partial charge in [0.2, 0.25) is 0 Å². The molecule has 0 unspecified atom stereocenters. The Hall–Kier alpha value is -3.61. The van der Waals surface area contributed by atoms with E-state index in [9.17, 15) is 13.6 Å². The molecule has 0 spiro atoms. The number of carbonyl (C=O) groups is 1. The lowest BCUT2D eigenvalue weighted by molar-refractivity contribution is 0.102. The highest BCUT2D eigenvalue weighted by atomic mass is 19.1. The number of anilines is 1. The number of benzene rings is 2. The van der Waals surface area contributed by atoms with Gasteiger partial charge in [-0.1, -0.05) is 12.1 Å². The second-order valence-electron chi connectivity index (χ2n) is 6.42. The van der Waals surface area contributed by atoms with Crippen LogP contribution in [0.2, 0.25) is 0 Å². The van der Waals surface area contributed by atoms with Gasteiger partial charge < -0.3 is 5.32 Å². The summed E-state index contributed by atoms with van der Waals surface area (Å²) in [5, 5.41) is 7.23. The maximum atomic E-state index is 13.2. The Labute approximate surface area is 159 Å². The molecule has 2 aromatic carbocycles. The van der Waals surface area contributed by atoms with Crippen LogP contribution in [-0.2, 0) is 0 Å². The molecule has 0 radical (unpaired) electrons. The fourth-order valence-electron chi connectivity index (χ4n) is 3.11. The lowest BCUT2D eigenvalue weighted by atomic mass is 10.1. The summed E-state index contributed by atoms with van der Waals surface area (Å²) in [5.74, 6) is -1.06. The summed E-state index contributed by atoms with van der Waals surface area (Å²) in [7, 11) is 0. The maximum absolute atomic E-state index is 13.2. The fraction of sp³-hybridized carbons (Fsp3) is 0.0952. The van der Waals surface area contributed by atoms with Crippen LogP contribution in [0.1, 0.15) is 21.7 Å². The zero-order valence-electron chi connectivity index (χ0n) is 15.2. The van der Waals surface area contributed by atoms with Crippen LogP contribution in [0.15, 0.2) is 54.7 Å². The van der Waals surface area contributed by atoms with Crippen LogP contribution < -0.4 is 5.32 Å². The molecule has 2 aromatic heterocycles. The van der Waals surface area contributed by atoms with Gasteiger partial charge in [0, 0.05) is 17.4 Å². The number of amides is 1. The SMILES string of the molecule is Cc1nn2c(C)c(C(=O)Nc3ccc(F)cc3)cnc2c1-c1ccc(F)cc1.